The Balaban J connectivity index is 1.86. The van der Waals surface area contributed by atoms with Gasteiger partial charge >= 0.3 is 0 Å². The molecule has 0 aliphatic carbocycles. The maximum Gasteiger partial charge on any atom is 0.224 e. The van der Waals surface area contributed by atoms with E-state index in [2.05, 4.69) is 22.1 Å². The van der Waals surface area contributed by atoms with Crippen LogP contribution in [0.25, 0.3) is 0 Å². The number of carbonyl (C=O) groups excluding carboxylic acids is 1. The van der Waals surface area contributed by atoms with Crippen molar-refractivity contribution < 1.29 is 4.79 Å². The first kappa shape index (κ1) is 11.6. The molecule has 0 bridgehead atoms. The molecular weight excluding hydrogens is 220 g/mol. The van der Waals surface area contributed by atoms with Crippen molar-refractivity contribution in [3.63, 3.8) is 0 Å². The minimum absolute atomic E-state index is 0.126. The lowest BCUT2D eigenvalue weighted by molar-refractivity contribution is -0.126. The zero-order valence-electron chi connectivity index (χ0n) is 9.53. The molecule has 2 unspecified atom stereocenters. The van der Waals surface area contributed by atoms with Crippen molar-refractivity contribution in [1.82, 2.24) is 10.6 Å². The average molecular weight is 238 g/mol. The van der Waals surface area contributed by atoms with E-state index in [1.165, 1.54) is 5.56 Å². The molecule has 4 heteroatoms. The van der Waals surface area contributed by atoms with Crippen molar-refractivity contribution in [2.24, 2.45) is 5.92 Å². The summed E-state index contributed by atoms with van der Waals surface area (Å²) in [6.07, 6.45) is 2.11. The van der Waals surface area contributed by atoms with Crippen LogP contribution in [0.15, 0.2) is 16.8 Å². The van der Waals surface area contributed by atoms with Crippen LogP contribution in [0.1, 0.15) is 31.4 Å². The topological polar surface area (TPSA) is 41.1 Å². The van der Waals surface area contributed by atoms with Crippen LogP contribution in [0.5, 0.6) is 0 Å². The average Bonchev–Trinajstić information content (AvgIpc) is 2.83. The van der Waals surface area contributed by atoms with E-state index in [9.17, 15) is 4.79 Å². The molecule has 1 aromatic rings. The highest BCUT2D eigenvalue weighted by molar-refractivity contribution is 7.07. The number of rotatable bonds is 3. The molecule has 0 spiro atoms. The van der Waals surface area contributed by atoms with Crippen molar-refractivity contribution in [3.8, 4) is 0 Å². The van der Waals surface area contributed by atoms with Crippen LogP contribution < -0.4 is 10.6 Å². The third-order valence-electron chi connectivity index (χ3n) is 3.07. The summed E-state index contributed by atoms with van der Waals surface area (Å²) in [5.74, 6) is 0.334. The van der Waals surface area contributed by atoms with Crippen molar-refractivity contribution in [1.29, 1.82) is 0 Å². The van der Waals surface area contributed by atoms with E-state index < -0.39 is 0 Å². The van der Waals surface area contributed by atoms with Gasteiger partial charge < -0.3 is 10.6 Å². The molecule has 16 heavy (non-hydrogen) atoms. The predicted octanol–water partition coefficient (Wildman–Crippen LogP) is 1.92. The molecule has 1 aliphatic heterocycles. The van der Waals surface area contributed by atoms with Gasteiger partial charge in [-0.2, -0.15) is 11.3 Å². The van der Waals surface area contributed by atoms with Gasteiger partial charge in [-0.25, -0.2) is 0 Å². The Labute approximate surface area is 100 Å². The van der Waals surface area contributed by atoms with Crippen LogP contribution in [0, 0.1) is 5.92 Å². The monoisotopic (exact) mass is 238 g/mol. The molecule has 0 aromatic carbocycles. The van der Waals surface area contributed by atoms with Crippen LogP contribution in [-0.4, -0.2) is 19.0 Å². The fraction of sp³-hybridized carbons (Fsp3) is 0.583. The molecule has 2 heterocycles. The molecule has 1 aliphatic rings. The summed E-state index contributed by atoms with van der Waals surface area (Å²) in [4.78, 5) is 12.0. The van der Waals surface area contributed by atoms with Gasteiger partial charge in [-0.1, -0.05) is 0 Å². The Kier molecular flexibility index (Phi) is 3.96. The lowest BCUT2D eigenvalue weighted by atomic mass is 9.98. The molecule has 1 fully saturated rings. The standard InChI is InChI=1S/C12H18N2OS/c1-9(11-4-6-16-8-11)14-12(15)10-3-2-5-13-7-10/h4,6,8-10,13H,2-3,5,7H2,1H3,(H,14,15). The van der Waals surface area contributed by atoms with Crippen molar-refractivity contribution >= 4 is 17.2 Å². The number of nitrogens with one attached hydrogen (secondary N) is 2. The first-order chi connectivity index (χ1) is 7.77. The third-order valence-corrected chi connectivity index (χ3v) is 3.77. The van der Waals surface area contributed by atoms with Crippen molar-refractivity contribution in [2.75, 3.05) is 13.1 Å². The molecule has 1 saturated heterocycles. The molecule has 88 valence electrons. The Bertz CT molecular complexity index is 331. The molecule has 1 aromatic heterocycles. The highest BCUT2D eigenvalue weighted by Gasteiger charge is 2.22. The van der Waals surface area contributed by atoms with Gasteiger partial charge in [0, 0.05) is 6.54 Å². The number of amides is 1. The van der Waals surface area contributed by atoms with E-state index in [1.54, 1.807) is 11.3 Å². The van der Waals surface area contributed by atoms with Crippen molar-refractivity contribution in [3.05, 3.63) is 22.4 Å². The number of hydrogen-bond donors (Lipinski definition) is 2. The second kappa shape index (κ2) is 5.46. The summed E-state index contributed by atoms with van der Waals surface area (Å²) < 4.78 is 0. The summed E-state index contributed by atoms with van der Waals surface area (Å²) in [5, 5.41) is 10.5. The molecule has 0 radical (unpaired) electrons. The lowest BCUT2D eigenvalue weighted by Gasteiger charge is -2.23. The third kappa shape index (κ3) is 2.83. The van der Waals surface area contributed by atoms with Gasteiger partial charge in [0.1, 0.15) is 0 Å². The molecular formula is C12H18N2OS. The Morgan fingerprint density at radius 3 is 3.19 bits per heavy atom. The Morgan fingerprint density at radius 1 is 1.69 bits per heavy atom. The first-order valence-electron chi connectivity index (χ1n) is 5.80. The molecule has 0 saturated carbocycles. The summed E-state index contributed by atoms with van der Waals surface area (Å²) in [6.45, 7) is 3.91. The zero-order valence-corrected chi connectivity index (χ0v) is 10.3. The van der Waals surface area contributed by atoms with E-state index in [0.717, 1.165) is 25.9 Å². The Morgan fingerprint density at radius 2 is 2.56 bits per heavy atom. The summed E-state index contributed by atoms with van der Waals surface area (Å²) in [5.41, 5.74) is 1.20. The van der Waals surface area contributed by atoms with E-state index in [0.29, 0.717) is 0 Å². The second-order valence-corrected chi connectivity index (χ2v) is 5.11. The molecule has 3 nitrogen and oxygen atoms in total. The maximum atomic E-state index is 12.0. The molecule has 2 N–H and O–H groups in total. The lowest BCUT2D eigenvalue weighted by Crippen LogP contribution is -2.41. The minimum Gasteiger partial charge on any atom is -0.349 e. The number of hydrogen-bond acceptors (Lipinski definition) is 3. The first-order valence-corrected chi connectivity index (χ1v) is 6.75. The van der Waals surface area contributed by atoms with Gasteiger partial charge in [-0.05, 0) is 48.7 Å². The van der Waals surface area contributed by atoms with E-state index in [4.69, 9.17) is 0 Å². The molecule has 1 amide bonds. The molecule has 2 atom stereocenters. The number of thiophene rings is 1. The highest BCUT2D eigenvalue weighted by atomic mass is 32.1. The van der Waals surface area contributed by atoms with Gasteiger partial charge in [0.15, 0.2) is 0 Å². The SMILES string of the molecule is CC(NC(=O)C1CCCNC1)c1ccsc1. The zero-order chi connectivity index (χ0) is 11.4. The fourth-order valence-electron chi connectivity index (χ4n) is 2.01. The number of piperidine rings is 1. The fourth-order valence-corrected chi connectivity index (χ4v) is 2.77. The minimum atomic E-state index is 0.126. The smallest absolute Gasteiger partial charge is 0.224 e. The van der Waals surface area contributed by atoms with Crippen LogP contribution in [0.3, 0.4) is 0 Å². The number of carbonyl (C=O) groups is 1. The predicted molar refractivity (Wildman–Crippen MR) is 66.5 cm³/mol. The maximum absolute atomic E-state index is 12.0. The Hall–Kier alpha value is -0.870. The summed E-state index contributed by atoms with van der Waals surface area (Å²) in [6, 6.07) is 2.19. The van der Waals surface area contributed by atoms with Crippen LogP contribution >= 0.6 is 11.3 Å². The van der Waals surface area contributed by atoms with Gasteiger partial charge in [0.05, 0.1) is 12.0 Å². The van der Waals surface area contributed by atoms with Gasteiger partial charge in [-0.15, -0.1) is 0 Å². The van der Waals surface area contributed by atoms with Gasteiger partial charge in [0.2, 0.25) is 5.91 Å². The second-order valence-electron chi connectivity index (χ2n) is 4.33. The van der Waals surface area contributed by atoms with Crippen LogP contribution in [-0.2, 0) is 4.79 Å². The van der Waals surface area contributed by atoms with E-state index >= 15 is 0 Å². The van der Waals surface area contributed by atoms with Crippen molar-refractivity contribution in [2.45, 2.75) is 25.8 Å². The van der Waals surface area contributed by atoms with E-state index in [-0.39, 0.29) is 17.9 Å². The van der Waals surface area contributed by atoms with Crippen LogP contribution in [0.4, 0.5) is 0 Å². The van der Waals surface area contributed by atoms with Gasteiger partial charge in [0.25, 0.3) is 0 Å². The summed E-state index contributed by atoms with van der Waals surface area (Å²) >= 11 is 1.67. The summed E-state index contributed by atoms with van der Waals surface area (Å²) in [7, 11) is 0. The molecule has 2 rings (SSSR count). The van der Waals surface area contributed by atoms with E-state index in [1.807, 2.05) is 12.3 Å². The van der Waals surface area contributed by atoms with Crippen LogP contribution in [0.2, 0.25) is 0 Å². The normalized spacial score (nSPS) is 22.7. The highest BCUT2D eigenvalue weighted by Crippen LogP contribution is 2.17. The quantitative estimate of drug-likeness (QED) is 0.845. The largest absolute Gasteiger partial charge is 0.349 e. The van der Waals surface area contributed by atoms with Gasteiger partial charge in [-0.3, -0.25) is 4.79 Å².